The highest BCUT2D eigenvalue weighted by Crippen LogP contribution is 2.31. The Morgan fingerprint density at radius 3 is 2.25 bits per heavy atom. The molecule has 0 N–H and O–H groups in total. The molecule has 3 aromatic rings. The first-order valence-corrected chi connectivity index (χ1v) is 13.7. The number of aryl methyl sites for hydroxylation is 1. The lowest BCUT2D eigenvalue weighted by molar-refractivity contribution is 0.0525. The number of sulfonamides is 1. The summed E-state index contributed by atoms with van der Waals surface area (Å²) in [6.45, 7) is 4.28. The van der Waals surface area contributed by atoms with Crippen molar-refractivity contribution in [3.63, 3.8) is 0 Å². The molecule has 0 amide bonds. The minimum Gasteiger partial charge on any atom is -0.367 e. The molecule has 1 heterocycles. The highest BCUT2D eigenvalue weighted by Gasteiger charge is 2.30. The van der Waals surface area contributed by atoms with Crippen molar-refractivity contribution in [3.05, 3.63) is 99.0 Å². The van der Waals surface area contributed by atoms with Crippen molar-refractivity contribution in [3.8, 4) is 0 Å². The van der Waals surface area contributed by atoms with E-state index < -0.39 is 27.8 Å². The predicted octanol–water partition coefficient (Wildman–Crippen LogP) is 5.69. The van der Waals surface area contributed by atoms with E-state index in [2.05, 4.69) is 4.90 Å². The molecule has 1 aliphatic rings. The number of hydrogen-bond donors (Lipinski definition) is 0. The lowest BCUT2D eigenvalue weighted by Crippen LogP contribution is -2.49. The van der Waals surface area contributed by atoms with E-state index in [0.717, 1.165) is 17.7 Å². The van der Waals surface area contributed by atoms with Crippen molar-refractivity contribution in [2.24, 2.45) is 0 Å². The second-order valence-corrected chi connectivity index (χ2v) is 11.3. The number of benzene rings is 3. The van der Waals surface area contributed by atoms with Crippen LogP contribution < -0.4 is 0 Å². The van der Waals surface area contributed by atoms with Crippen molar-refractivity contribution < 1.29 is 21.9 Å². The summed E-state index contributed by atoms with van der Waals surface area (Å²) in [5.41, 5.74) is 1.99. The van der Waals surface area contributed by atoms with Crippen molar-refractivity contribution >= 4 is 33.2 Å². The maximum Gasteiger partial charge on any atom is 0.244 e. The minimum atomic E-state index is -3.75. The summed E-state index contributed by atoms with van der Waals surface area (Å²) in [5.74, 6) is -1.83. The second-order valence-electron chi connectivity index (χ2n) is 8.61. The highest BCUT2D eigenvalue weighted by molar-refractivity contribution is 7.89. The Morgan fingerprint density at radius 1 is 0.889 bits per heavy atom. The van der Waals surface area contributed by atoms with Crippen LogP contribution in [-0.4, -0.2) is 57.0 Å². The molecule has 0 aliphatic carbocycles. The standard InChI is InChI=1S/C26H26Cl2F2N2O3S/c1-18-15-25(22(28)17-21(18)27)36(33,34)32-11-9-31(10-12-32)13-14-35-26(19-5-3-2-4-6-19)20-7-8-23(29)24(30)16-20/h2-8,15-17,26H,9-14H2,1H3/t26-/m1/s1. The van der Waals surface area contributed by atoms with Crippen molar-refractivity contribution in [2.75, 3.05) is 39.3 Å². The van der Waals surface area contributed by atoms with Gasteiger partial charge in [0, 0.05) is 37.7 Å². The van der Waals surface area contributed by atoms with E-state index in [1.807, 2.05) is 30.3 Å². The fraction of sp³-hybridized carbons (Fsp3) is 0.308. The van der Waals surface area contributed by atoms with Crippen LogP contribution in [0.15, 0.2) is 65.6 Å². The van der Waals surface area contributed by atoms with Crippen LogP contribution in [0.5, 0.6) is 0 Å². The molecule has 1 saturated heterocycles. The number of ether oxygens (including phenoxy) is 1. The van der Waals surface area contributed by atoms with Gasteiger partial charge in [0.1, 0.15) is 11.0 Å². The van der Waals surface area contributed by atoms with E-state index in [1.165, 1.54) is 22.5 Å². The monoisotopic (exact) mass is 554 g/mol. The van der Waals surface area contributed by atoms with Gasteiger partial charge in [-0.15, -0.1) is 0 Å². The zero-order valence-corrected chi connectivity index (χ0v) is 22.0. The molecule has 1 atom stereocenters. The summed E-state index contributed by atoms with van der Waals surface area (Å²) in [6, 6.07) is 16.1. The Kier molecular flexibility index (Phi) is 8.65. The first-order chi connectivity index (χ1) is 17.2. The van der Waals surface area contributed by atoms with Gasteiger partial charge in [0.2, 0.25) is 10.0 Å². The molecule has 0 unspecified atom stereocenters. The van der Waals surface area contributed by atoms with Gasteiger partial charge in [-0.3, -0.25) is 4.90 Å². The van der Waals surface area contributed by atoms with Gasteiger partial charge in [-0.05, 0) is 47.9 Å². The Balaban J connectivity index is 1.37. The molecule has 36 heavy (non-hydrogen) atoms. The summed E-state index contributed by atoms with van der Waals surface area (Å²) in [7, 11) is -3.75. The van der Waals surface area contributed by atoms with E-state index in [4.69, 9.17) is 27.9 Å². The average Bonchev–Trinajstić information content (AvgIpc) is 2.86. The van der Waals surface area contributed by atoms with Gasteiger partial charge in [0.25, 0.3) is 0 Å². The summed E-state index contributed by atoms with van der Waals surface area (Å²) >= 11 is 12.2. The minimum absolute atomic E-state index is 0.0556. The number of halogens is 4. The molecule has 192 valence electrons. The van der Waals surface area contributed by atoms with Crippen LogP contribution >= 0.6 is 23.2 Å². The predicted molar refractivity (Wildman–Crippen MR) is 137 cm³/mol. The Labute approximate surface area is 220 Å². The number of nitrogens with zero attached hydrogens (tertiary/aromatic N) is 2. The fourth-order valence-electron chi connectivity index (χ4n) is 4.15. The quantitative estimate of drug-likeness (QED) is 0.358. The molecule has 1 aliphatic heterocycles. The van der Waals surface area contributed by atoms with Crippen molar-refractivity contribution in [1.82, 2.24) is 9.21 Å². The van der Waals surface area contributed by atoms with Gasteiger partial charge >= 0.3 is 0 Å². The molecule has 4 rings (SSSR count). The third-order valence-corrected chi connectivity index (χ3v) is 8.97. The van der Waals surface area contributed by atoms with E-state index in [9.17, 15) is 17.2 Å². The second kappa shape index (κ2) is 11.5. The Morgan fingerprint density at radius 2 is 1.58 bits per heavy atom. The van der Waals surface area contributed by atoms with Gasteiger partial charge in [-0.2, -0.15) is 4.31 Å². The first kappa shape index (κ1) is 27.0. The van der Waals surface area contributed by atoms with E-state index in [-0.39, 0.29) is 9.92 Å². The normalized spacial score (nSPS) is 16.2. The lowest BCUT2D eigenvalue weighted by atomic mass is 10.0. The largest absolute Gasteiger partial charge is 0.367 e. The van der Waals surface area contributed by atoms with Gasteiger partial charge in [-0.25, -0.2) is 17.2 Å². The van der Waals surface area contributed by atoms with Crippen LogP contribution in [0.1, 0.15) is 22.8 Å². The van der Waals surface area contributed by atoms with Crippen LogP contribution in [0.25, 0.3) is 0 Å². The van der Waals surface area contributed by atoms with Gasteiger partial charge in [0.05, 0.1) is 11.6 Å². The molecular formula is C26H26Cl2F2N2O3S. The topological polar surface area (TPSA) is 49.9 Å². The summed E-state index contributed by atoms with van der Waals surface area (Å²) in [4.78, 5) is 2.16. The fourth-order valence-corrected chi connectivity index (χ4v) is 6.38. The van der Waals surface area contributed by atoms with Crippen LogP contribution in [0.3, 0.4) is 0 Å². The molecule has 0 radical (unpaired) electrons. The van der Waals surface area contributed by atoms with Gasteiger partial charge < -0.3 is 4.74 Å². The van der Waals surface area contributed by atoms with Crippen LogP contribution in [0.4, 0.5) is 8.78 Å². The molecular weight excluding hydrogens is 529 g/mol. The maximum atomic E-state index is 13.9. The average molecular weight is 555 g/mol. The van der Waals surface area contributed by atoms with Gasteiger partial charge in [-0.1, -0.05) is 59.6 Å². The summed E-state index contributed by atoms with van der Waals surface area (Å²) in [5, 5.41) is 0.520. The highest BCUT2D eigenvalue weighted by atomic mass is 35.5. The summed E-state index contributed by atoms with van der Waals surface area (Å²) < 4.78 is 61.2. The maximum absolute atomic E-state index is 13.9. The molecule has 10 heteroatoms. The zero-order chi connectivity index (χ0) is 25.9. The molecule has 0 saturated carbocycles. The molecule has 0 bridgehead atoms. The molecule has 3 aromatic carbocycles. The number of piperazine rings is 1. The van der Waals surface area contributed by atoms with Crippen LogP contribution in [-0.2, 0) is 14.8 Å². The van der Waals surface area contributed by atoms with Crippen LogP contribution in [0.2, 0.25) is 10.0 Å². The zero-order valence-electron chi connectivity index (χ0n) is 19.6. The molecule has 0 aromatic heterocycles. The number of rotatable bonds is 8. The molecule has 5 nitrogen and oxygen atoms in total. The van der Waals surface area contributed by atoms with Crippen LogP contribution in [0, 0.1) is 18.6 Å². The molecule has 1 fully saturated rings. The number of hydrogen-bond acceptors (Lipinski definition) is 4. The Bertz CT molecular complexity index is 1320. The van der Waals surface area contributed by atoms with Crippen molar-refractivity contribution in [2.45, 2.75) is 17.9 Å². The smallest absolute Gasteiger partial charge is 0.244 e. The summed E-state index contributed by atoms with van der Waals surface area (Å²) in [6.07, 6.45) is -0.557. The lowest BCUT2D eigenvalue weighted by Gasteiger charge is -2.34. The van der Waals surface area contributed by atoms with Gasteiger partial charge in [0.15, 0.2) is 11.6 Å². The van der Waals surface area contributed by atoms with Crippen molar-refractivity contribution in [1.29, 1.82) is 0 Å². The third-order valence-electron chi connectivity index (χ3n) is 6.20. The third kappa shape index (κ3) is 6.07. The SMILES string of the molecule is Cc1cc(S(=O)(=O)N2CCN(CCO[C@H](c3ccccc3)c3ccc(F)c(F)c3)CC2)c(Cl)cc1Cl. The first-order valence-electron chi connectivity index (χ1n) is 11.5. The van der Waals surface area contributed by atoms with E-state index in [1.54, 1.807) is 6.92 Å². The van der Waals surface area contributed by atoms with E-state index >= 15 is 0 Å². The van der Waals surface area contributed by atoms with E-state index in [0.29, 0.717) is 55.5 Å². The Hall–Kier alpha value is -2.07. The molecule has 0 spiro atoms.